The first-order valence-corrected chi connectivity index (χ1v) is 11.4. The van der Waals surface area contributed by atoms with Crippen molar-refractivity contribution in [1.82, 2.24) is 9.97 Å². The number of hydrogen-bond acceptors (Lipinski definition) is 3. The molecule has 1 N–H and O–H groups in total. The third-order valence-corrected chi connectivity index (χ3v) is 6.16. The SMILES string of the molecule is Cc1ccc2nc(/C(C#N)=C\c3cc(Cl)c(OCc4cccc5ccccc45)c(Cl)c3)[nH]c2c1. The molecule has 0 radical (unpaired) electrons. The summed E-state index contributed by atoms with van der Waals surface area (Å²) in [5.74, 6) is 0.901. The van der Waals surface area contributed by atoms with Gasteiger partial charge in [-0.1, -0.05) is 71.7 Å². The Bertz CT molecular complexity index is 1580. The van der Waals surface area contributed by atoms with Crippen LogP contribution in [0.2, 0.25) is 10.0 Å². The van der Waals surface area contributed by atoms with Crippen LogP contribution in [0.15, 0.2) is 72.8 Å². The summed E-state index contributed by atoms with van der Waals surface area (Å²) in [6, 6.07) is 25.8. The molecule has 0 saturated heterocycles. The quantitative estimate of drug-likeness (QED) is 0.257. The fraction of sp³-hybridized carbons (Fsp3) is 0.0714. The fourth-order valence-electron chi connectivity index (χ4n) is 3.94. The highest BCUT2D eigenvalue weighted by Crippen LogP contribution is 2.36. The summed E-state index contributed by atoms with van der Waals surface area (Å²) in [5, 5.41) is 12.8. The maximum Gasteiger partial charge on any atom is 0.157 e. The molecule has 0 aliphatic heterocycles. The molecule has 166 valence electrons. The van der Waals surface area contributed by atoms with Gasteiger partial charge >= 0.3 is 0 Å². The number of nitriles is 1. The monoisotopic (exact) mass is 483 g/mol. The van der Waals surface area contributed by atoms with E-state index in [9.17, 15) is 5.26 Å². The van der Waals surface area contributed by atoms with Gasteiger partial charge in [-0.15, -0.1) is 0 Å². The Balaban J connectivity index is 1.42. The number of H-pyrrole nitrogens is 1. The van der Waals surface area contributed by atoms with Crippen LogP contribution in [0.25, 0.3) is 33.5 Å². The molecule has 1 heterocycles. The van der Waals surface area contributed by atoms with E-state index in [-0.39, 0.29) is 0 Å². The summed E-state index contributed by atoms with van der Waals surface area (Å²) < 4.78 is 6.02. The number of nitrogens with one attached hydrogen (secondary N) is 1. The molecule has 34 heavy (non-hydrogen) atoms. The second-order valence-electron chi connectivity index (χ2n) is 8.02. The maximum absolute atomic E-state index is 9.74. The fourth-order valence-corrected chi connectivity index (χ4v) is 4.55. The van der Waals surface area contributed by atoms with Gasteiger partial charge in [0.1, 0.15) is 18.5 Å². The Morgan fingerprint density at radius 2 is 1.79 bits per heavy atom. The molecule has 4 aromatic carbocycles. The highest BCUT2D eigenvalue weighted by molar-refractivity contribution is 6.37. The van der Waals surface area contributed by atoms with Crippen LogP contribution in [-0.4, -0.2) is 9.97 Å². The summed E-state index contributed by atoms with van der Waals surface area (Å²) in [4.78, 5) is 7.74. The molecule has 0 aliphatic carbocycles. The zero-order valence-electron chi connectivity index (χ0n) is 18.3. The van der Waals surface area contributed by atoms with Gasteiger partial charge in [0, 0.05) is 0 Å². The normalized spacial score (nSPS) is 11.6. The molecule has 0 unspecified atom stereocenters. The summed E-state index contributed by atoms with van der Waals surface area (Å²) in [5.41, 5.74) is 4.90. The number of aromatic amines is 1. The van der Waals surface area contributed by atoms with Crippen LogP contribution in [0.3, 0.4) is 0 Å². The molecule has 5 aromatic rings. The minimum absolute atomic E-state index is 0.331. The number of rotatable bonds is 5. The molecule has 0 atom stereocenters. The first-order valence-electron chi connectivity index (χ1n) is 10.7. The lowest BCUT2D eigenvalue weighted by Gasteiger charge is -2.12. The molecule has 0 fully saturated rings. The average Bonchev–Trinajstić information content (AvgIpc) is 3.25. The predicted molar refractivity (Wildman–Crippen MR) is 139 cm³/mol. The van der Waals surface area contributed by atoms with Crippen molar-refractivity contribution in [2.24, 2.45) is 0 Å². The van der Waals surface area contributed by atoms with Crippen LogP contribution < -0.4 is 4.74 Å². The van der Waals surface area contributed by atoms with Crippen molar-refractivity contribution in [2.45, 2.75) is 13.5 Å². The number of halogens is 2. The first kappa shape index (κ1) is 22.0. The molecule has 0 aliphatic rings. The lowest BCUT2D eigenvalue weighted by atomic mass is 10.1. The van der Waals surface area contributed by atoms with E-state index >= 15 is 0 Å². The van der Waals surface area contributed by atoms with Gasteiger partial charge in [-0.3, -0.25) is 0 Å². The van der Waals surface area contributed by atoms with E-state index in [2.05, 4.69) is 34.2 Å². The van der Waals surface area contributed by atoms with Crippen LogP contribution in [0, 0.1) is 18.3 Å². The summed E-state index contributed by atoms with van der Waals surface area (Å²) in [7, 11) is 0. The summed E-state index contributed by atoms with van der Waals surface area (Å²) >= 11 is 13.1. The topological polar surface area (TPSA) is 61.7 Å². The molecule has 0 saturated carbocycles. The van der Waals surface area contributed by atoms with Crippen molar-refractivity contribution >= 4 is 56.7 Å². The molecule has 0 spiro atoms. The smallest absolute Gasteiger partial charge is 0.157 e. The van der Waals surface area contributed by atoms with Gasteiger partial charge in [-0.05, 0) is 64.7 Å². The zero-order valence-corrected chi connectivity index (χ0v) is 19.8. The number of aryl methyl sites for hydroxylation is 1. The molecule has 0 amide bonds. The number of benzene rings is 4. The van der Waals surface area contributed by atoms with Crippen LogP contribution in [0.1, 0.15) is 22.5 Å². The van der Waals surface area contributed by atoms with Gasteiger partial charge in [0.05, 0.1) is 26.7 Å². The molecular weight excluding hydrogens is 465 g/mol. The van der Waals surface area contributed by atoms with Crippen molar-refractivity contribution in [3.05, 3.63) is 105 Å². The molecule has 0 bridgehead atoms. The van der Waals surface area contributed by atoms with Crippen molar-refractivity contribution < 1.29 is 4.74 Å². The number of aromatic nitrogens is 2. The Labute approximate surface area is 207 Å². The van der Waals surface area contributed by atoms with Gasteiger partial charge in [0.2, 0.25) is 0 Å². The lowest BCUT2D eigenvalue weighted by molar-refractivity contribution is 0.308. The zero-order chi connectivity index (χ0) is 23.7. The summed E-state index contributed by atoms with van der Waals surface area (Å²) in [6.45, 7) is 2.34. The van der Waals surface area contributed by atoms with Gasteiger partial charge in [0.15, 0.2) is 5.75 Å². The van der Waals surface area contributed by atoms with Crippen LogP contribution in [0.5, 0.6) is 5.75 Å². The highest BCUT2D eigenvalue weighted by atomic mass is 35.5. The van der Waals surface area contributed by atoms with E-state index in [4.69, 9.17) is 27.9 Å². The van der Waals surface area contributed by atoms with Gasteiger partial charge in [-0.2, -0.15) is 5.26 Å². The highest BCUT2D eigenvalue weighted by Gasteiger charge is 2.13. The van der Waals surface area contributed by atoms with E-state index in [1.165, 1.54) is 0 Å². The third-order valence-electron chi connectivity index (χ3n) is 5.60. The van der Waals surface area contributed by atoms with Crippen LogP contribution in [0.4, 0.5) is 0 Å². The minimum atomic E-state index is 0.331. The van der Waals surface area contributed by atoms with E-state index in [0.29, 0.717) is 39.4 Å². The van der Waals surface area contributed by atoms with E-state index in [0.717, 1.165) is 32.9 Å². The molecule has 4 nitrogen and oxygen atoms in total. The average molecular weight is 484 g/mol. The molecule has 5 rings (SSSR count). The van der Waals surface area contributed by atoms with Gasteiger partial charge in [-0.25, -0.2) is 4.98 Å². The third kappa shape index (κ3) is 4.36. The first-order chi connectivity index (χ1) is 16.5. The van der Waals surface area contributed by atoms with E-state index in [1.807, 2.05) is 49.4 Å². The van der Waals surface area contributed by atoms with Crippen molar-refractivity contribution in [2.75, 3.05) is 0 Å². The second kappa shape index (κ2) is 9.23. The number of imidazole rings is 1. The maximum atomic E-state index is 9.74. The number of fused-ring (bicyclic) bond motifs is 2. The number of allylic oxidation sites excluding steroid dienone is 1. The van der Waals surface area contributed by atoms with E-state index in [1.54, 1.807) is 18.2 Å². The van der Waals surface area contributed by atoms with Crippen molar-refractivity contribution in [1.29, 1.82) is 5.26 Å². The van der Waals surface area contributed by atoms with Crippen LogP contribution >= 0.6 is 23.2 Å². The largest absolute Gasteiger partial charge is 0.486 e. The Kier molecular flexibility index (Phi) is 5.98. The Morgan fingerprint density at radius 3 is 2.59 bits per heavy atom. The van der Waals surface area contributed by atoms with Crippen molar-refractivity contribution in [3.63, 3.8) is 0 Å². The number of nitrogens with zero attached hydrogens (tertiary/aromatic N) is 2. The standard InChI is InChI=1S/C28H19Cl2N3O/c1-17-9-10-25-26(11-17)33-28(32-25)21(15-31)12-18-13-23(29)27(24(30)14-18)34-16-20-7-4-6-19-5-2-3-8-22(19)20/h2-14H,16H2,1H3,(H,32,33)/b21-12-. The molecule has 1 aromatic heterocycles. The Morgan fingerprint density at radius 1 is 1.03 bits per heavy atom. The molecular formula is C28H19Cl2N3O. The van der Waals surface area contributed by atoms with Gasteiger partial charge < -0.3 is 9.72 Å². The van der Waals surface area contributed by atoms with Gasteiger partial charge in [0.25, 0.3) is 0 Å². The van der Waals surface area contributed by atoms with E-state index < -0.39 is 0 Å². The number of ether oxygens (including phenoxy) is 1. The lowest BCUT2D eigenvalue weighted by Crippen LogP contribution is -1.98. The van der Waals surface area contributed by atoms with Crippen molar-refractivity contribution in [3.8, 4) is 11.8 Å². The summed E-state index contributed by atoms with van der Waals surface area (Å²) in [6.07, 6.45) is 1.71. The molecule has 6 heteroatoms. The Hall–Kier alpha value is -3.78. The van der Waals surface area contributed by atoms with Crippen LogP contribution in [-0.2, 0) is 6.61 Å². The minimum Gasteiger partial charge on any atom is -0.486 e. The number of hydrogen-bond donors (Lipinski definition) is 1. The second-order valence-corrected chi connectivity index (χ2v) is 8.83. The predicted octanol–water partition coefficient (Wildman–Crippen LogP) is 7.97.